The van der Waals surface area contributed by atoms with E-state index in [0.717, 1.165) is 31.2 Å². The fourth-order valence-electron chi connectivity index (χ4n) is 3.65. The van der Waals surface area contributed by atoms with Crippen LogP contribution in [0.5, 0.6) is 0 Å². The van der Waals surface area contributed by atoms with E-state index < -0.39 is 5.97 Å². The Morgan fingerprint density at radius 3 is 2.79 bits per heavy atom. The van der Waals surface area contributed by atoms with Crippen LogP contribution in [0.25, 0.3) is 6.08 Å². The summed E-state index contributed by atoms with van der Waals surface area (Å²) in [6, 6.07) is 0.419. The van der Waals surface area contributed by atoms with Gasteiger partial charge in [0.05, 0.1) is 18.1 Å². The quantitative estimate of drug-likeness (QED) is 0.781. The molecule has 2 heterocycles. The van der Waals surface area contributed by atoms with Gasteiger partial charge in [-0.2, -0.15) is 0 Å². The van der Waals surface area contributed by atoms with Crippen LogP contribution < -0.4 is 5.32 Å². The van der Waals surface area contributed by atoms with Crippen LogP contribution in [0.15, 0.2) is 18.0 Å². The van der Waals surface area contributed by atoms with Gasteiger partial charge in [-0.05, 0) is 38.2 Å². The molecule has 1 atom stereocenters. The SMILES string of the molecule is C/C(=C\c1cnc(N[C@@H]2CCN(CC3CCCC3)C2)cn1)C(=O)O. The average Bonchev–Trinajstić information content (AvgIpc) is 3.22. The molecule has 6 nitrogen and oxygen atoms in total. The van der Waals surface area contributed by atoms with Gasteiger partial charge in [0.25, 0.3) is 0 Å². The van der Waals surface area contributed by atoms with Crippen LogP contribution in [-0.4, -0.2) is 51.6 Å². The van der Waals surface area contributed by atoms with E-state index in [1.165, 1.54) is 38.3 Å². The zero-order valence-electron chi connectivity index (χ0n) is 14.2. The molecular weight excluding hydrogens is 304 g/mol. The molecule has 1 aliphatic carbocycles. The number of carboxylic acids is 1. The van der Waals surface area contributed by atoms with Gasteiger partial charge in [0, 0.05) is 31.2 Å². The van der Waals surface area contributed by atoms with Gasteiger partial charge in [0.15, 0.2) is 0 Å². The Hall–Kier alpha value is -1.95. The van der Waals surface area contributed by atoms with Crippen LogP contribution in [0, 0.1) is 5.92 Å². The highest BCUT2D eigenvalue weighted by atomic mass is 16.4. The molecule has 3 rings (SSSR count). The molecule has 130 valence electrons. The van der Waals surface area contributed by atoms with Gasteiger partial charge in [0.2, 0.25) is 0 Å². The van der Waals surface area contributed by atoms with E-state index in [-0.39, 0.29) is 5.57 Å². The number of rotatable bonds is 6. The lowest BCUT2D eigenvalue weighted by molar-refractivity contribution is -0.132. The predicted molar refractivity (Wildman–Crippen MR) is 93.7 cm³/mol. The molecule has 1 aromatic heterocycles. The Morgan fingerprint density at radius 1 is 1.33 bits per heavy atom. The Morgan fingerprint density at radius 2 is 2.12 bits per heavy atom. The van der Waals surface area contributed by atoms with E-state index >= 15 is 0 Å². The maximum atomic E-state index is 10.8. The summed E-state index contributed by atoms with van der Waals surface area (Å²) in [5.41, 5.74) is 0.818. The third-order valence-corrected chi connectivity index (χ3v) is 4.99. The zero-order valence-corrected chi connectivity index (χ0v) is 14.2. The summed E-state index contributed by atoms with van der Waals surface area (Å²) in [5.74, 6) is 0.715. The zero-order chi connectivity index (χ0) is 16.9. The lowest BCUT2D eigenvalue weighted by Crippen LogP contribution is -2.30. The number of likely N-dealkylation sites (tertiary alicyclic amines) is 1. The first-order chi connectivity index (χ1) is 11.6. The van der Waals surface area contributed by atoms with Gasteiger partial charge in [-0.25, -0.2) is 9.78 Å². The van der Waals surface area contributed by atoms with Crippen LogP contribution in [0.3, 0.4) is 0 Å². The van der Waals surface area contributed by atoms with E-state index in [1.807, 2.05) is 0 Å². The summed E-state index contributed by atoms with van der Waals surface area (Å²) in [6.45, 7) is 5.01. The first-order valence-corrected chi connectivity index (χ1v) is 8.82. The van der Waals surface area contributed by atoms with Crippen molar-refractivity contribution in [2.75, 3.05) is 25.0 Å². The Kier molecular flexibility index (Phi) is 5.45. The molecule has 6 heteroatoms. The van der Waals surface area contributed by atoms with Gasteiger partial charge in [0.1, 0.15) is 5.82 Å². The molecule has 0 amide bonds. The van der Waals surface area contributed by atoms with E-state index in [2.05, 4.69) is 20.2 Å². The van der Waals surface area contributed by atoms with Crippen molar-refractivity contribution in [1.82, 2.24) is 14.9 Å². The van der Waals surface area contributed by atoms with Crippen LogP contribution in [0.4, 0.5) is 5.82 Å². The number of aromatic nitrogens is 2. The summed E-state index contributed by atoms with van der Waals surface area (Å²) < 4.78 is 0. The highest BCUT2D eigenvalue weighted by molar-refractivity contribution is 5.91. The number of carbonyl (C=O) groups is 1. The molecule has 0 aromatic carbocycles. The average molecular weight is 330 g/mol. The van der Waals surface area contributed by atoms with Crippen molar-refractivity contribution < 1.29 is 9.90 Å². The molecule has 0 unspecified atom stereocenters. The first kappa shape index (κ1) is 16.9. The highest BCUT2D eigenvalue weighted by Gasteiger charge is 2.26. The second-order valence-electron chi connectivity index (χ2n) is 7.00. The van der Waals surface area contributed by atoms with Crippen molar-refractivity contribution in [3.8, 4) is 0 Å². The number of aliphatic carboxylic acids is 1. The lowest BCUT2D eigenvalue weighted by atomic mass is 10.1. The minimum Gasteiger partial charge on any atom is -0.478 e. The summed E-state index contributed by atoms with van der Waals surface area (Å²) >= 11 is 0. The van der Waals surface area contributed by atoms with Crippen LogP contribution in [0.2, 0.25) is 0 Å². The van der Waals surface area contributed by atoms with Gasteiger partial charge in [-0.1, -0.05) is 12.8 Å². The minimum atomic E-state index is -0.938. The maximum Gasteiger partial charge on any atom is 0.331 e. The van der Waals surface area contributed by atoms with Gasteiger partial charge >= 0.3 is 5.97 Å². The third kappa shape index (κ3) is 4.54. The second kappa shape index (κ2) is 7.75. The molecule has 0 spiro atoms. The Labute approximate surface area is 143 Å². The van der Waals surface area contributed by atoms with E-state index in [9.17, 15) is 4.79 Å². The van der Waals surface area contributed by atoms with E-state index in [4.69, 9.17) is 5.11 Å². The summed E-state index contributed by atoms with van der Waals surface area (Å²) in [4.78, 5) is 22.0. The van der Waals surface area contributed by atoms with E-state index in [1.54, 1.807) is 19.3 Å². The Balaban J connectivity index is 1.49. The molecule has 2 fully saturated rings. The summed E-state index contributed by atoms with van der Waals surface area (Å²) in [5, 5.41) is 12.3. The molecule has 24 heavy (non-hydrogen) atoms. The molecule has 2 aliphatic rings. The standard InChI is InChI=1S/C18H26N4O2/c1-13(18(23)24)8-16-9-20-17(10-19-16)21-15-6-7-22(12-15)11-14-4-2-3-5-14/h8-10,14-15H,2-7,11-12H2,1H3,(H,20,21)(H,23,24)/b13-8+/t15-/m1/s1. The highest BCUT2D eigenvalue weighted by Crippen LogP contribution is 2.27. The van der Waals surface area contributed by atoms with Crippen LogP contribution >= 0.6 is 0 Å². The van der Waals surface area contributed by atoms with Gasteiger partial charge in [-0.3, -0.25) is 4.98 Å². The third-order valence-electron chi connectivity index (χ3n) is 4.99. The number of anilines is 1. The molecule has 1 aliphatic heterocycles. The van der Waals surface area contributed by atoms with Crippen molar-refractivity contribution in [2.45, 2.75) is 45.1 Å². The molecule has 1 aromatic rings. The van der Waals surface area contributed by atoms with Gasteiger partial charge < -0.3 is 15.3 Å². The van der Waals surface area contributed by atoms with E-state index in [0.29, 0.717) is 11.7 Å². The van der Waals surface area contributed by atoms with Crippen molar-refractivity contribution in [2.24, 2.45) is 5.92 Å². The van der Waals surface area contributed by atoms with Crippen molar-refractivity contribution >= 4 is 17.9 Å². The molecule has 0 radical (unpaired) electrons. The van der Waals surface area contributed by atoms with Crippen LogP contribution in [0.1, 0.15) is 44.7 Å². The molecule has 2 N–H and O–H groups in total. The number of hydrogen-bond acceptors (Lipinski definition) is 5. The fraction of sp³-hybridized carbons (Fsp3) is 0.611. The molecule has 1 saturated carbocycles. The number of hydrogen-bond donors (Lipinski definition) is 2. The molecule has 1 saturated heterocycles. The molecular formula is C18H26N4O2. The van der Waals surface area contributed by atoms with Crippen molar-refractivity contribution in [1.29, 1.82) is 0 Å². The predicted octanol–water partition coefficient (Wildman–Crippen LogP) is 2.64. The number of nitrogens with one attached hydrogen (secondary N) is 1. The number of carboxylic acid groups (broad SMARTS) is 1. The first-order valence-electron chi connectivity index (χ1n) is 8.82. The minimum absolute atomic E-state index is 0.253. The lowest BCUT2D eigenvalue weighted by Gasteiger charge is -2.20. The normalized spacial score (nSPS) is 22.9. The largest absolute Gasteiger partial charge is 0.478 e. The van der Waals surface area contributed by atoms with Crippen molar-refractivity contribution in [3.05, 3.63) is 23.7 Å². The smallest absolute Gasteiger partial charge is 0.331 e. The maximum absolute atomic E-state index is 10.8. The summed E-state index contributed by atoms with van der Waals surface area (Å²) in [6.07, 6.45) is 11.5. The Bertz CT molecular complexity index is 594. The number of nitrogens with zero attached hydrogens (tertiary/aromatic N) is 3. The van der Waals surface area contributed by atoms with Crippen LogP contribution in [-0.2, 0) is 4.79 Å². The fourth-order valence-corrected chi connectivity index (χ4v) is 3.65. The van der Waals surface area contributed by atoms with Crippen molar-refractivity contribution in [3.63, 3.8) is 0 Å². The second-order valence-corrected chi connectivity index (χ2v) is 7.00. The monoisotopic (exact) mass is 330 g/mol. The van der Waals surface area contributed by atoms with Gasteiger partial charge in [-0.15, -0.1) is 0 Å². The molecule has 0 bridgehead atoms. The topological polar surface area (TPSA) is 78.4 Å². The summed E-state index contributed by atoms with van der Waals surface area (Å²) in [7, 11) is 0.